The summed E-state index contributed by atoms with van der Waals surface area (Å²) in [5.41, 5.74) is 7.59. The van der Waals surface area contributed by atoms with Gasteiger partial charge >= 0.3 is 10.2 Å². The minimum absolute atomic E-state index is 0.251. The normalized spacial score (nSPS) is 12.6. The van der Waals surface area contributed by atoms with Crippen LogP contribution in [0.15, 0.2) is 42.9 Å². The van der Waals surface area contributed by atoms with Crippen molar-refractivity contribution in [3.63, 3.8) is 0 Å². The van der Waals surface area contributed by atoms with Crippen LogP contribution in [0.5, 0.6) is 0 Å². The molecule has 0 amide bonds. The number of methoxy groups -OCH3 is 1. The molecule has 0 bridgehead atoms. The Morgan fingerprint density at radius 3 is 2.73 bits per heavy atom. The van der Waals surface area contributed by atoms with Gasteiger partial charge in [-0.2, -0.15) is 12.7 Å². The van der Waals surface area contributed by atoms with Crippen molar-refractivity contribution in [3.05, 3.63) is 54.3 Å². The molecule has 0 saturated carbocycles. The van der Waals surface area contributed by atoms with Crippen LogP contribution in [0.4, 0.5) is 5.69 Å². The summed E-state index contributed by atoms with van der Waals surface area (Å²) >= 11 is 0. The van der Waals surface area contributed by atoms with Crippen molar-refractivity contribution in [1.82, 2.24) is 13.3 Å². The Balaban J connectivity index is 2.63. The molecule has 0 aliphatic rings. The number of rotatable bonds is 5. The lowest BCUT2D eigenvalue weighted by molar-refractivity contribution is 0.339. The van der Waals surface area contributed by atoms with Gasteiger partial charge in [-0.15, -0.1) is 0 Å². The minimum atomic E-state index is -3.69. The summed E-state index contributed by atoms with van der Waals surface area (Å²) in [5.74, 6) is 0.251. The number of anilines is 1. The number of aromatic nitrogens is 2. The van der Waals surface area contributed by atoms with Crippen LogP contribution in [-0.2, 0) is 14.9 Å². The van der Waals surface area contributed by atoms with Gasteiger partial charge in [0.15, 0.2) is 5.82 Å². The van der Waals surface area contributed by atoms with E-state index in [9.17, 15) is 8.42 Å². The molecule has 22 heavy (non-hydrogen) atoms. The Kier molecular flexibility index (Phi) is 4.53. The van der Waals surface area contributed by atoms with E-state index in [2.05, 4.69) is 4.98 Å². The molecule has 8 heteroatoms. The molecule has 7 nitrogen and oxygen atoms in total. The molecule has 0 aliphatic heterocycles. The van der Waals surface area contributed by atoms with Crippen molar-refractivity contribution in [2.24, 2.45) is 0 Å². The largest absolute Gasteiger partial charge is 0.504 e. The van der Waals surface area contributed by atoms with Crippen LogP contribution in [-0.4, -0.2) is 42.9 Å². The van der Waals surface area contributed by atoms with Crippen LogP contribution >= 0.6 is 0 Å². The lowest BCUT2D eigenvalue weighted by atomic mass is 10.1. The SMILES string of the molecule is COC=C(c1cccc(N)c1)c1nccn1S(=O)(=O)N(C)C. The highest BCUT2D eigenvalue weighted by molar-refractivity contribution is 7.87. The molecule has 2 rings (SSSR count). The van der Waals surface area contributed by atoms with Gasteiger partial charge in [0.05, 0.1) is 18.9 Å². The van der Waals surface area contributed by atoms with E-state index in [1.165, 1.54) is 39.9 Å². The lowest BCUT2D eigenvalue weighted by Gasteiger charge is -2.16. The third kappa shape index (κ3) is 2.97. The molecular weight excluding hydrogens is 304 g/mol. The first kappa shape index (κ1) is 16.1. The first-order valence-electron chi connectivity index (χ1n) is 6.43. The number of hydrogen-bond donors (Lipinski definition) is 1. The Morgan fingerprint density at radius 2 is 2.14 bits per heavy atom. The van der Waals surface area contributed by atoms with Crippen molar-refractivity contribution >= 4 is 21.5 Å². The van der Waals surface area contributed by atoms with E-state index in [-0.39, 0.29) is 5.82 Å². The first-order valence-corrected chi connectivity index (χ1v) is 7.83. The van der Waals surface area contributed by atoms with Gasteiger partial charge in [-0.05, 0) is 17.7 Å². The molecular formula is C14H18N4O3S. The fourth-order valence-electron chi connectivity index (χ4n) is 1.92. The van der Waals surface area contributed by atoms with E-state index in [1.54, 1.807) is 18.2 Å². The zero-order valence-electron chi connectivity index (χ0n) is 12.6. The van der Waals surface area contributed by atoms with Crippen LogP contribution in [0.2, 0.25) is 0 Å². The highest BCUT2D eigenvalue weighted by Crippen LogP contribution is 2.25. The summed E-state index contributed by atoms with van der Waals surface area (Å²) in [5, 5.41) is 0. The quantitative estimate of drug-likeness (QED) is 0.659. The van der Waals surface area contributed by atoms with Crippen molar-refractivity contribution < 1.29 is 13.2 Å². The number of nitrogen functional groups attached to an aromatic ring is 1. The summed E-state index contributed by atoms with van der Waals surface area (Å²) < 4.78 is 32.1. The number of hydrogen-bond acceptors (Lipinski definition) is 5. The highest BCUT2D eigenvalue weighted by atomic mass is 32.2. The Bertz CT molecular complexity index is 794. The number of nitrogens with zero attached hydrogens (tertiary/aromatic N) is 3. The smallest absolute Gasteiger partial charge is 0.308 e. The number of ether oxygens (including phenoxy) is 1. The highest BCUT2D eigenvalue weighted by Gasteiger charge is 2.23. The van der Waals surface area contributed by atoms with Crippen molar-refractivity contribution in [2.45, 2.75) is 0 Å². The molecule has 0 fully saturated rings. The third-order valence-electron chi connectivity index (χ3n) is 2.99. The molecule has 1 heterocycles. The molecule has 0 unspecified atom stereocenters. The van der Waals surface area contributed by atoms with Crippen LogP contribution in [0.3, 0.4) is 0 Å². The van der Waals surface area contributed by atoms with Crippen LogP contribution < -0.4 is 5.73 Å². The fourth-order valence-corrected chi connectivity index (χ4v) is 2.84. The molecule has 0 aliphatic carbocycles. The average Bonchev–Trinajstić information content (AvgIpc) is 2.94. The van der Waals surface area contributed by atoms with Gasteiger partial charge in [-0.3, -0.25) is 0 Å². The van der Waals surface area contributed by atoms with E-state index < -0.39 is 10.2 Å². The molecule has 0 radical (unpaired) electrons. The van der Waals surface area contributed by atoms with Gasteiger partial charge in [-0.1, -0.05) is 12.1 Å². The van der Waals surface area contributed by atoms with E-state index in [1.807, 2.05) is 6.07 Å². The summed E-state index contributed by atoms with van der Waals surface area (Å²) in [6.45, 7) is 0. The monoisotopic (exact) mass is 322 g/mol. The molecule has 1 aromatic heterocycles. The summed E-state index contributed by atoms with van der Waals surface area (Å²) in [6.07, 6.45) is 4.26. The van der Waals surface area contributed by atoms with Crippen LogP contribution in [0.25, 0.3) is 5.57 Å². The number of imidazole rings is 1. The summed E-state index contributed by atoms with van der Waals surface area (Å²) in [4.78, 5) is 4.16. The van der Waals surface area contributed by atoms with E-state index >= 15 is 0 Å². The molecule has 1 aromatic carbocycles. The average molecular weight is 322 g/mol. The van der Waals surface area contributed by atoms with Gasteiger partial charge in [0.2, 0.25) is 0 Å². The zero-order chi connectivity index (χ0) is 16.3. The Labute approximate surface area is 129 Å². The third-order valence-corrected chi connectivity index (χ3v) is 4.71. The first-order chi connectivity index (χ1) is 10.4. The van der Waals surface area contributed by atoms with E-state index in [0.29, 0.717) is 16.8 Å². The number of nitrogens with two attached hydrogens (primary N) is 1. The van der Waals surface area contributed by atoms with Crippen LogP contribution in [0, 0.1) is 0 Å². The van der Waals surface area contributed by atoms with Crippen LogP contribution in [0.1, 0.15) is 11.4 Å². The maximum atomic E-state index is 12.4. The predicted molar refractivity (Wildman–Crippen MR) is 85.2 cm³/mol. The molecule has 2 N–H and O–H groups in total. The second kappa shape index (κ2) is 6.20. The van der Waals surface area contributed by atoms with Crippen molar-refractivity contribution in [2.75, 3.05) is 26.9 Å². The van der Waals surface area contributed by atoms with E-state index in [0.717, 1.165) is 8.28 Å². The molecule has 0 spiro atoms. The topological polar surface area (TPSA) is 90.5 Å². The Hall–Kier alpha value is -2.32. The summed E-state index contributed by atoms with van der Waals surface area (Å²) in [7, 11) is 0.716. The maximum absolute atomic E-state index is 12.4. The van der Waals surface area contributed by atoms with Gasteiger partial charge < -0.3 is 10.5 Å². The predicted octanol–water partition coefficient (Wildman–Crippen LogP) is 1.16. The standard InChI is InChI=1S/C14H18N4O3S/c1-17(2)22(19,20)18-8-7-16-14(18)13(10-21-3)11-5-4-6-12(15)9-11/h4-10H,15H2,1-3H3. The van der Waals surface area contributed by atoms with E-state index in [4.69, 9.17) is 10.5 Å². The molecule has 118 valence electrons. The van der Waals surface area contributed by atoms with Gasteiger partial charge in [0, 0.05) is 32.2 Å². The second-order valence-electron chi connectivity index (χ2n) is 4.73. The van der Waals surface area contributed by atoms with Gasteiger partial charge in [0.25, 0.3) is 0 Å². The second-order valence-corrected chi connectivity index (χ2v) is 6.75. The molecule has 2 aromatic rings. The zero-order valence-corrected chi connectivity index (χ0v) is 13.4. The minimum Gasteiger partial charge on any atom is -0.504 e. The summed E-state index contributed by atoms with van der Waals surface area (Å²) in [6, 6.07) is 7.06. The van der Waals surface area contributed by atoms with Crippen molar-refractivity contribution in [3.8, 4) is 0 Å². The molecule has 0 saturated heterocycles. The maximum Gasteiger partial charge on any atom is 0.308 e. The molecule has 0 atom stereocenters. The number of benzene rings is 1. The van der Waals surface area contributed by atoms with Gasteiger partial charge in [0.1, 0.15) is 0 Å². The van der Waals surface area contributed by atoms with Crippen molar-refractivity contribution in [1.29, 1.82) is 0 Å². The lowest BCUT2D eigenvalue weighted by Crippen LogP contribution is -2.29. The fraction of sp³-hybridized carbons (Fsp3) is 0.214. The Morgan fingerprint density at radius 1 is 1.41 bits per heavy atom. The van der Waals surface area contributed by atoms with Gasteiger partial charge in [-0.25, -0.2) is 8.96 Å².